The number of hydrogen-bond acceptors (Lipinski definition) is 2. The summed E-state index contributed by atoms with van der Waals surface area (Å²) in [6.45, 7) is 1.66. The summed E-state index contributed by atoms with van der Waals surface area (Å²) in [5.41, 5.74) is 1.10. The fourth-order valence-electron chi connectivity index (χ4n) is 1.06. The number of hydrogen-bond donors (Lipinski definition) is 1. The molecule has 0 spiro atoms. The van der Waals surface area contributed by atoms with Crippen molar-refractivity contribution in [2.75, 3.05) is 0 Å². The molecule has 0 radical (unpaired) electrons. The molecule has 0 aliphatic carbocycles. The largest absolute Gasteiger partial charge is 0.508 e. The fraction of sp³-hybridized carbons (Fsp3) is 0.222. The van der Waals surface area contributed by atoms with Crippen LogP contribution in [0.2, 0.25) is 0 Å². The number of phenols is 1. The van der Waals surface area contributed by atoms with Gasteiger partial charge in [0.1, 0.15) is 11.6 Å². The van der Waals surface area contributed by atoms with Crippen molar-refractivity contribution in [3.63, 3.8) is 0 Å². The summed E-state index contributed by atoms with van der Waals surface area (Å²) in [6, 6.07) is 4.21. The maximum absolute atomic E-state index is 12.6. The minimum Gasteiger partial charge on any atom is -0.508 e. The molecule has 0 aliphatic rings. The van der Waals surface area contributed by atoms with E-state index in [9.17, 15) is 9.50 Å². The van der Waals surface area contributed by atoms with Crippen LogP contribution in [-0.2, 0) is 6.42 Å². The second-order valence-corrected chi connectivity index (χ2v) is 2.56. The van der Waals surface area contributed by atoms with Crippen LogP contribution >= 0.6 is 0 Å². The average molecular weight is 165 g/mol. The topological polar surface area (TPSA) is 44.0 Å². The van der Waals surface area contributed by atoms with E-state index in [1.165, 1.54) is 6.07 Å². The summed E-state index contributed by atoms with van der Waals surface area (Å²) >= 11 is 0. The van der Waals surface area contributed by atoms with Crippen LogP contribution in [0.1, 0.15) is 11.1 Å². The van der Waals surface area contributed by atoms with E-state index in [0.29, 0.717) is 11.1 Å². The smallest absolute Gasteiger partial charge is 0.127 e. The Hall–Kier alpha value is -1.56. The van der Waals surface area contributed by atoms with Crippen LogP contribution in [0.15, 0.2) is 12.1 Å². The Morgan fingerprint density at radius 1 is 1.58 bits per heavy atom. The minimum absolute atomic E-state index is 0.109. The van der Waals surface area contributed by atoms with Crippen LogP contribution in [0.25, 0.3) is 0 Å². The van der Waals surface area contributed by atoms with E-state index >= 15 is 0 Å². The van der Waals surface area contributed by atoms with Crippen molar-refractivity contribution >= 4 is 0 Å². The van der Waals surface area contributed by atoms with Crippen LogP contribution in [0.3, 0.4) is 0 Å². The Balaban J connectivity index is 3.21. The van der Waals surface area contributed by atoms with Gasteiger partial charge in [0.25, 0.3) is 0 Å². The van der Waals surface area contributed by atoms with Gasteiger partial charge in [-0.25, -0.2) is 4.39 Å². The molecule has 0 bridgehead atoms. The van der Waals surface area contributed by atoms with E-state index < -0.39 is 5.82 Å². The predicted molar refractivity (Wildman–Crippen MR) is 42.1 cm³/mol. The lowest BCUT2D eigenvalue weighted by Crippen LogP contribution is -1.89. The van der Waals surface area contributed by atoms with E-state index in [1.807, 2.05) is 6.07 Å². The zero-order chi connectivity index (χ0) is 9.14. The second kappa shape index (κ2) is 3.22. The van der Waals surface area contributed by atoms with Crippen LogP contribution in [0, 0.1) is 24.1 Å². The standard InChI is InChI=1S/C9H8FNO/c1-6-4-7(10)5-9(12)8(6)2-3-11/h4-5,12H,2H2,1H3. The molecular weight excluding hydrogens is 157 g/mol. The molecule has 62 valence electrons. The first-order chi connectivity index (χ1) is 5.65. The van der Waals surface area contributed by atoms with E-state index in [-0.39, 0.29) is 12.2 Å². The maximum Gasteiger partial charge on any atom is 0.127 e. The number of rotatable bonds is 1. The van der Waals surface area contributed by atoms with Crippen molar-refractivity contribution in [3.8, 4) is 11.8 Å². The minimum atomic E-state index is -0.480. The van der Waals surface area contributed by atoms with Crippen LogP contribution in [0.4, 0.5) is 4.39 Å². The molecule has 12 heavy (non-hydrogen) atoms. The molecule has 3 heteroatoms. The highest BCUT2D eigenvalue weighted by Gasteiger charge is 2.06. The third-order valence-electron chi connectivity index (χ3n) is 1.67. The van der Waals surface area contributed by atoms with Crippen molar-refractivity contribution < 1.29 is 9.50 Å². The molecule has 0 atom stereocenters. The first-order valence-corrected chi connectivity index (χ1v) is 3.50. The number of halogens is 1. The summed E-state index contributed by atoms with van der Waals surface area (Å²) in [6.07, 6.45) is 0.109. The van der Waals surface area contributed by atoms with Gasteiger partial charge in [-0.1, -0.05) is 0 Å². The van der Waals surface area contributed by atoms with Gasteiger partial charge in [-0.15, -0.1) is 0 Å². The molecule has 0 fully saturated rings. The number of nitriles is 1. The lowest BCUT2D eigenvalue weighted by atomic mass is 10.1. The Morgan fingerprint density at radius 2 is 2.25 bits per heavy atom. The van der Waals surface area contributed by atoms with Gasteiger partial charge >= 0.3 is 0 Å². The number of phenolic OH excluding ortho intramolecular Hbond substituents is 1. The van der Waals surface area contributed by atoms with Gasteiger partial charge in [0.2, 0.25) is 0 Å². The third kappa shape index (κ3) is 1.54. The van der Waals surface area contributed by atoms with Gasteiger partial charge < -0.3 is 5.11 Å². The molecule has 1 N–H and O–H groups in total. The van der Waals surface area contributed by atoms with E-state index in [2.05, 4.69) is 0 Å². The fourth-order valence-corrected chi connectivity index (χ4v) is 1.06. The molecule has 1 rings (SSSR count). The summed E-state index contributed by atoms with van der Waals surface area (Å²) in [5.74, 6) is -0.624. The molecule has 1 aromatic rings. The predicted octanol–water partition coefficient (Wildman–Crippen LogP) is 1.91. The SMILES string of the molecule is Cc1cc(F)cc(O)c1CC#N. The normalized spacial score (nSPS) is 9.42. The first-order valence-electron chi connectivity index (χ1n) is 3.50. The first kappa shape index (κ1) is 8.54. The van der Waals surface area contributed by atoms with Gasteiger partial charge in [-0.2, -0.15) is 5.26 Å². The Bertz CT molecular complexity index is 318. The zero-order valence-electron chi connectivity index (χ0n) is 6.63. The molecule has 0 saturated heterocycles. The van der Waals surface area contributed by atoms with Crippen molar-refractivity contribution in [2.45, 2.75) is 13.3 Å². The summed E-state index contributed by atoms with van der Waals surface area (Å²) in [4.78, 5) is 0. The average Bonchev–Trinajstić information content (AvgIpc) is 1.96. The highest BCUT2D eigenvalue weighted by molar-refractivity contribution is 5.40. The Labute approximate surface area is 69.9 Å². The van der Waals surface area contributed by atoms with E-state index in [0.717, 1.165) is 6.07 Å². The van der Waals surface area contributed by atoms with Gasteiger partial charge in [0.15, 0.2) is 0 Å². The number of aryl methyl sites for hydroxylation is 1. The van der Waals surface area contributed by atoms with Crippen LogP contribution in [-0.4, -0.2) is 5.11 Å². The quantitative estimate of drug-likeness (QED) is 0.690. The molecule has 0 aliphatic heterocycles. The van der Waals surface area contributed by atoms with E-state index in [4.69, 9.17) is 5.26 Å². The molecule has 0 heterocycles. The lowest BCUT2D eigenvalue weighted by Gasteiger charge is -2.03. The van der Waals surface area contributed by atoms with Crippen molar-refractivity contribution in [1.82, 2.24) is 0 Å². The second-order valence-electron chi connectivity index (χ2n) is 2.56. The summed E-state index contributed by atoms with van der Waals surface area (Å²) in [7, 11) is 0. The third-order valence-corrected chi connectivity index (χ3v) is 1.67. The molecule has 1 aromatic carbocycles. The van der Waals surface area contributed by atoms with Crippen molar-refractivity contribution in [2.24, 2.45) is 0 Å². The Kier molecular flexibility index (Phi) is 2.29. The number of benzene rings is 1. The molecular formula is C9H8FNO. The van der Waals surface area contributed by atoms with Gasteiger partial charge in [-0.3, -0.25) is 0 Å². The Morgan fingerprint density at radius 3 is 2.75 bits per heavy atom. The highest BCUT2D eigenvalue weighted by Crippen LogP contribution is 2.22. The highest BCUT2D eigenvalue weighted by atomic mass is 19.1. The molecule has 0 amide bonds. The monoisotopic (exact) mass is 165 g/mol. The molecule has 0 aromatic heterocycles. The van der Waals surface area contributed by atoms with E-state index in [1.54, 1.807) is 6.92 Å². The zero-order valence-corrected chi connectivity index (χ0v) is 6.63. The molecule has 0 unspecified atom stereocenters. The summed E-state index contributed by atoms with van der Waals surface area (Å²) in [5, 5.41) is 17.6. The van der Waals surface area contributed by atoms with Crippen LogP contribution < -0.4 is 0 Å². The van der Waals surface area contributed by atoms with Crippen molar-refractivity contribution in [1.29, 1.82) is 5.26 Å². The summed E-state index contributed by atoms with van der Waals surface area (Å²) < 4.78 is 12.6. The maximum atomic E-state index is 12.6. The van der Waals surface area contributed by atoms with Crippen molar-refractivity contribution in [3.05, 3.63) is 29.1 Å². The van der Waals surface area contributed by atoms with Gasteiger partial charge in [0, 0.05) is 11.6 Å². The van der Waals surface area contributed by atoms with Crippen LogP contribution in [0.5, 0.6) is 5.75 Å². The molecule has 0 saturated carbocycles. The lowest BCUT2D eigenvalue weighted by molar-refractivity contribution is 0.463. The van der Waals surface area contributed by atoms with Gasteiger partial charge in [0.05, 0.1) is 12.5 Å². The van der Waals surface area contributed by atoms with Gasteiger partial charge in [-0.05, 0) is 18.6 Å². The number of nitrogens with zero attached hydrogens (tertiary/aromatic N) is 1. The number of aromatic hydroxyl groups is 1. The molecule has 2 nitrogen and oxygen atoms in total.